The van der Waals surface area contributed by atoms with E-state index in [-0.39, 0.29) is 16.2 Å². The zero-order valence-corrected chi connectivity index (χ0v) is 20.0. The summed E-state index contributed by atoms with van der Waals surface area (Å²) in [5, 5.41) is 3.96. The first kappa shape index (κ1) is 23.3. The van der Waals surface area contributed by atoms with Gasteiger partial charge in [0.25, 0.3) is 5.91 Å². The summed E-state index contributed by atoms with van der Waals surface area (Å²) < 4.78 is 25.6. The first-order valence-corrected chi connectivity index (χ1v) is 13.2. The molecule has 7 heteroatoms. The molecular formula is C26H31N3O3S. The summed E-state index contributed by atoms with van der Waals surface area (Å²) in [6, 6.07) is 12.2. The Hall–Kier alpha value is -2.90. The summed E-state index contributed by atoms with van der Waals surface area (Å²) in [4.78, 5) is 18.9. The van der Waals surface area contributed by atoms with Gasteiger partial charge in [-0.2, -0.15) is 0 Å². The van der Waals surface area contributed by atoms with E-state index >= 15 is 0 Å². The molecule has 1 aliphatic heterocycles. The number of fused-ring (bicyclic) bond motifs is 1. The number of hydrogen-bond donors (Lipinski definition) is 2. The number of amides is 1. The number of sulfone groups is 1. The molecule has 0 saturated carbocycles. The lowest BCUT2D eigenvalue weighted by atomic mass is 9.98. The lowest BCUT2D eigenvalue weighted by Gasteiger charge is -2.24. The molecule has 2 heterocycles. The van der Waals surface area contributed by atoms with Gasteiger partial charge in [0, 0.05) is 41.4 Å². The van der Waals surface area contributed by atoms with Crippen molar-refractivity contribution >= 4 is 37.9 Å². The fourth-order valence-electron chi connectivity index (χ4n) is 4.28. The second kappa shape index (κ2) is 9.93. The largest absolute Gasteiger partial charge is 0.361 e. The second-order valence-electron chi connectivity index (χ2n) is 8.46. The summed E-state index contributed by atoms with van der Waals surface area (Å²) in [5.74, 6) is -0.380. The first-order chi connectivity index (χ1) is 15.9. The Balaban J connectivity index is 1.61. The van der Waals surface area contributed by atoms with Crippen LogP contribution in [0.5, 0.6) is 0 Å². The maximum Gasteiger partial charge on any atom is 0.256 e. The molecule has 0 saturated heterocycles. The highest BCUT2D eigenvalue weighted by molar-refractivity contribution is 7.91. The topological polar surface area (TPSA) is 82.3 Å². The molecule has 1 aliphatic rings. The molecule has 0 aliphatic carbocycles. The number of carbonyl (C=O) groups is 1. The van der Waals surface area contributed by atoms with Crippen LogP contribution in [0.2, 0.25) is 0 Å². The number of aromatic nitrogens is 1. The van der Waals surface area contributed by atoms with Crippen LogP contribution in [0.4, 0.5) is 5.69 Å². The number of nitrogens with zero attached hydrogens (tertiary/aromatic N) is 1. The van der Waals surface area contributed by atoms with Crippen LogP contribution in [0, 0.1) is 0 Å². The number of nitrogens with one attached hydrogen (secondary N) is 2. The van der Waals surface area contributed by atoms with Gasteiger partial charge in [-0.25, -0.2) is 8.42 Å². The van der Waals surface area contributed by atoms with Gasteiger partial charge >= 0.3 is 0 Å². The van der Waals surface area contributed by atoms with E-state index in [1.54, 1.807) is 18.2 Å². The van der Waals surface area contributed by atoms with Crippen molar-refractivity contribution in [3.05, 3.63) is 65.9 Å². The fourth-order valence-corrected chi connectivity index (χ4v) is 5.95. The maximum absolute atomic E-state index is 13.1. The van der Waals surface area contributed by atoms with E-state index in [2.05, 4.69) is 28.2 Å². The highest BCUT2D eigenvalue weighted by Crippen LogP contribution is 2.31. The molecule has 1 aromatic heterocycles. The molecule has 6 nitrogen and oxygen atoms in total. The van der Waals surface area contributed by atoms with Crippen LogP contribution in [-0.2, 0) is 9.84 Å². The van der Waals surface area contributed by atoms with E-state index < -0.39 is 15.7 Å². The SMILES string of the molecule is CCCCS(=O)(=O)c1ccccc1C(=O)Nc1ccc2[nH]cc(C3=CCN(CC)CC3)c2c1. The lowest BCUT2D eigenvalue weighted by Crippen LogP contribution is -2.27. The number of hydrogen-bond acceptors (Lipinski definition) is 4. The fraction of sp³-hybridized carbons (Fsp3) is 0.346. The number of carbonyl (C=O) groups excluding carboxylic acids is 1. The van der Waals surface area contributed by atoms with Gasteiger partial charge in [0.05, 0.1) is 16.2 Å². The van der Waals surface area contributed by atoms with Crippen molar-refractivity contribution in [1.29, 1.82) is 0 Å². The molecule has 0 spiro atoms. The van der Waals surface area contributed by atoms with E-state index in [9.17, 15) is 13.2 Å². The number of rotatable bonds is 8. The van der Waals surface area contributed by atoms with Gasteiger partial charge in [0.1, 0.15) is 0 Å². The maximum atomic E-state index is 13.1. The molecule has 2 aromatic carbocycles. The third kappa shape index (κ3) is 5.04. The van der Waals surface area contributed by atoms with Crippen LogP contribution in [0.25, 0.3) is 16.5 Å². The monoisotopic (exact) mass is 465 g/mol. The lowest BCUT2D eigenvalue weighted by molar-refractivity contribution is 0.102. The molecular weight excluding hydrogens is 434 g/mol. The standard InChI is InChI=1S/C26H31N3O3S/c1-3-5-16-33(31,32)25-9-7-6-8-21(25)26(30)28-20-10-11-24-22(17-20)23(18-27-24)19-12-14-29(4-2)15-13-19/h6-12,17-18,27H,3-5,13-16H2,1-2H3,(H,28,30). The minimum absolute atomic E-state index is 0.0387. The van der Waals surface area contributed by atoms with Gasteiger partial charge in [-0.15, -0.1) is 0 Å². The summed E-state index contributed by atoms with van der Waals surface area (Å²) in [7, 11) is -3.52. The quantitative estimate of drug-likeness (QED) is 0.485. The molecule has 4 rings (SSSR count). The Kier molecular flexibility index (Phi) is 7.00. The Morgan fingerprint density at radius 1 is 1.15 bits per heavy atom. The molecule has 174 valence electrons. The third-order valence-corrected chi connectivity index (χ3v) is 8.11. The van der Waals surface area contributed by atoms with E-state index in [1.807, 2.05) is 31.3 Å². The number of likely N-dealkylation sites (N-methyl/N-ethyl adjacent to an activating group) is 1. The minimum atomic E-state index is -3.52. The highest BCUT2D eigenvalue weighted by Gasteiger charge is 2.22. The Morgan fingerprint density at radius 2 is 1.97 bits per heavy atom. The van der Waals surface area contributed by atoms with Gasteiger partial charge in [0.15, 0.2) is 9.84 Å². The molecule has 0 unspecified atom stereocenters. The molecule has 3 aromatic rings. The molecule has 33 heavy (non-hydrogen) atoms. The molecule has 2 N–H and O–H groups in total. The van der Waals surface area contributed by atoms with Crippen LogP contribution < -0.4 is 5.32 Å². The molecule has 0 atom stereocenters. The predicted molar refractivity (Wildman–Crippen MR) is 134 cm³/mol. The summed E-state index contributed by atoms with van der Waals surface area (Å²) in [5.41, 5.74) is 4.28. The number of benzene rings is 2. The van der Waals surface area contributed by atoms with Crippen molar-refractivity contribution in [3.8, 4) is 0 Å². The second-order valence-corrected chi connectivity index (χ2v) is 10.5. The zero-order valence-electron chi connectivity index (χ0n) is 19.2. The van der Waals surface area contributed by atoms with Gasteiger partial charge in [-0.05, 0) is 55.3 Å². The highest BCUT2D eigenvalue weighted by atomic mass is 32.2. The van der Waals surface area contributed by atoms with E-state index in [4.69, 9.17) is 0 Å². The van der Waals surface area contributed by atoms with E-state index in [1.165, 1.54) is 11.6 Å². The Morgan fingerprint density at radius 3 is 2.70 bits per heavy atom. The van der Waals surface area contributed by atoms with Gasteiger partial charge in [0.2, 0.25) is 0 Å². The Labute approximate surface area is 195 Å². The number of unbranched alkanes of at least 4 members (excludes halogenated alkanes) is 1. The number of H-pyrrole nitrogens is 1. The van der Waals surface area contributed by atoms with E-state index in [0.717, 1.165) is 48.9 Å². The molecule has 1 amide bonds. The van der Waals surface area contributed by atoms with Crippen LogP contribution in [-0.4, -0.2) is 49.6 Å². The summed E-state index contributed by atoms with van der Waals surface area (Å²) in [6.45, 7) is 7.14. The van der Waals surface area contributed by atoms with Crippen molar-refractivity contribution in [2.24, 2.45) is 0 Å². The predicted octanol–water partition coefficient (Wildman–Crippen LogP) is 5.10. The summed E-state index contributed by atoms with van der Waals surface area (Å²) >= 11 is 0. The average Bonchev–Trinajstić information content (AvgIpc) is 3.26. The Bertz CT molecular complexity index is 1290. The molecule has 0 fully saturated rings. The van der Waals surface area contributed by atoms with E-state index in [0.29, 0.717) is 12.1 Å². The zero-order chi connectivity index (χ0) is 23.4. The van der Waals surface area contributed by atoms with Crippen LogP contribution in [0.15, 0.2) is 59.6 Å². The average molecular weight is 466 g/mol. The van der Waals surface area contributed by atoms with Crippen molar-refractivity contribution in [2.75, 3.05) is 30.7 Å². The van der Waals surface area contributed by atoms with Gasteiger partial charge < -0.3 is 10.3 Å². The normalized spacial score (nSPS) is 14.9. The first-order valence-electron chi connectivity index (χ1n) is 11.6. The van der Waals surface area contributed by atoms with Crippen LogP contribution >= 0.6 is 0 Å². The van der Waals surface area contributed by atoms with Crippen molar-refractivity contribution < 1.29 is 13.2 Å². The van der Waals surface area contributed by atoms with Crippen molar-refractivity contribution in [1.82, 2.24) is 9.88 Å². The van der Waals surface area contributed by atoms with Crippen LogP contribution in [0.3, 0.4) is 0 Å². The van der Waals surface area contributed by atoms with Crippen molar-refractivity contribution in [2.45, 2.75) is 38.0 Å². The molecule has 0 bridgehead atoms. The number of anilines is 1. The summed E-state index contributed by atoms with van der Waals surface area (Å²) in [6.07, 6.45) is 6.63. The van der Waals surface area contributed by atoms with Crippen molar-refractivity contribution in [3.63, 3.8) is 0 Å². The van der Waals surface area contributed by atoms with Gasteiger partial charge in [-0.1, -0.05) is 38.5 Å². The third-order valence-electron chi connectivity index (χ3n) is 6.26. The minimum Gasteiger partial charge on any atom is -0.361 e. The molecule has 0 radical (unpaired) electrons. The van der Waals surface area contributed by atoms with Crippen LogP contribution in [0.1, 0.15) is 49.0 Å². The smallest absolute Gasteiger partial charge is 0.256 e. The van der Waals surface area contributed by atoms with Gasteiger partial charge in [-0.3, -0.25) is 9.69 Å². The number of aromatic amines is 1.